The molecule has 1 heterocycles. The Morgan fingerprint density at radius 2 is 1.50 bits per heavy atom. The van der Waals surface area contributed by atoms with Gasteiger partial charge in [0.1, 0.15) is 22.6 Å². The third kappa shape index (κ3) is 2.87. The van der Waals surface area contributed by atoms with Crippen LogP contribution in [0, 0.1) is 13.8 Å². The van der Waals surface area contributed by atoms with Crippen molar-refractivity contribution in [3.05, 3.63) is 34.4 Å². The number of ether oxygens (including phenoxy) is 6. The van der Waals surface area contributed by atoms with E-state index in [2.05, 4.69) is 0 Å². The molecule has 0 aromatic heterocycles. The molecule has 0 radical (unpaired) electrons. The zero-order chi connectivity index (χ0) is 20.6. The summed E-state index contributed by atoms with van der Waals surface area (Å²) in [7, 11) is 5.63. The molecule has 0 saturated heterocycles. The Labute approximate surface area is 161 Å². The molecule has 0 atom stereocenters. The SMILES string of the molecule is COC(=O)c1c(OC)cc2c(c1C)Oc1cc(OC)c(OC)c(C)c1C(=O)O2. The summed E-state index contributed by atoms with van der Waals surface area (Å²) >= 11 is 0. The molecule has 8 heteroatoms. The normalized spacial score (nSPS) is 12.0. The van der Waals surface area contributed by atoms with Crippen molar-refractivity contribution in [2.75, 3.05) is 28.4 Å². The minimum absolute atomic E-state index is 0.125. The molecule has 0 aliphatic carbocycles. The molecule has 1 aliphatic heterocycles. The maximum Gasteiger partial charge on any atom is 0.347 e. The van der Waals surface area contributed by atoms with Crippen molar-refractivity contribution >= 4 is 11.9 Å². The zero-order valence-electron chi connectivity index (χ0n) is 16.4. The van der Waals surface area contributed by atoms with Crippen LogP contribution in [0.5, 0.6) is 34.5 Å². The number of methoxy groups -OCH3 is 4. The van der Waals surface area contributed by atoms with Crippen LogP contribution in [0.25, 0.3) is 0 Å². The van der Waals surface area contributed by atoms with E-state index in [1.807, 2.05) is 0 Å². The van der Waals surface area contributed by atoms with Crippen molar-refractivity contribution in [2.24, 2.45) is 0 Å². The van der Waals surface area contributed by atoms with Crippen molar-refractivity contribution < 1.29 is 38.0 Å². The number of fused-ring (bicyclic) bond motifs is 2. The summed E-state index contributed by atoms with van der Waals surface area (Å²) < 4.78 is 32.4. The van der Waals surface area contributed by atoms with Gasteiger partial charge in [0.15, 0.2) is 23.0 Å². The van der Waals surface area contributed by atoms with Gasteiger partial charge in [0.25, 0.3) is 0 Å². The lowest BCUT2D eigenvalue weighted by Gasteiger charge is -2.17. The number of esters is 2. The van der Waals surface area contributed by atoms with Crippen molar-refractivity contribution in [3.63, 3.8) is 0 Å². The van der Waals surface area contributed by atoms with Gasteiger partial charge >= 0.3 is 11.9 Å². The van der Waals surface area contributed by atoms with Crippen LogP contribution < -0.4 is 23.7 Å². The highest BCUT2D eigenvalue weighted by Gasteiger charge is 2.32. The Balaban J connectivity index is 2.28. The molecule has 148 valence electrons. The molecule has 0 amide bonds. The van der Waals surface area contributed by atoms with Gasteiger partial charge in [0, 0.05) is 23.3 Å². The predicted molar refractivity (Wildman–Crippen MR) is 98.4 cm³/mol. The first-order chi connectivity index (χ1) is 13.4. The first kappa shape index (κ1) is 19.3. The number of carbonyl (C=O) groups is 2. The topological polar surface area (TPSA) is 89.5 Å². The molecular formula is C20H20O8. The molecule has 1 aliphatic rings. The van der Waals surface area contributed by atoms with E-state index in [4.69, 9.17) is 28.4 Å². The Hall–Kier alpha value is -3.42. The molecule has 0 bridgehead atoms. The third-order valence-electron chi connectivity index (χ3n) is 4.55. The standard InChI is InChI=1S/C20H20O8/c1-9-16-12(8-13(24-4)17(9)25-5)27-18-10(2)15(19(21)26-6)11(23-3)7-14(18)28-20(16)22/h7-8H,1-6H3. The molecule has 3 rings (SSSR count). The molecule has 2 aromatic rings. The van der Waals surface area contributed by atoms with Gasteiger partial charge in [0.05, 0.1) is 28.4 Å². The lowest BCUT2D eigenvalue weighted by atomic mass is 10.0. The van der Waals surface area contributed by atoms with E-state index < -0.39 is 11.9 Å². The summed E-state index contributed by atoms with van der Waals surface area (Å²) in [5.74, 6) is 0.340. The molecule has 28 heavy (non-hydrogen) atoms. The summed E-state index contributed by atoms with van der Waals surface area (Å²) in [6, 6.07) is 2.96. The number of rotatable bonds is 4. The van der Waals surface area contributed by atoms with Crippen LogP contribution in [-0.4, -0.2) is 40.4 Å². The fourth-order valence-electron chi connectivity index (χ4n) is 3.20. The lowest BCUT2D eigenvalue weighted by Crippen LogP contribution is -2.11. The van der Waals surface area contributed by atoms with Crippen molar-refractivity contribution in [2.45, 2.75) is 13.8 Å². The Morgan fingerprint density at radius 3 is 2.07 bits per heavy atom. The third-order valence-corrected chi connectivity index (χ3v) is 4.55. The van der Waals surface area contributed by atoms with Gasteiger partial charge in [-0.05, 0) is 13.8 Å². The molecule has 0 N–H and O–H groups in total. The number of hydrogen-bond donors (Lipinski definition) is 0. The second-order valence-corrected chi connectivity index (χ2v) is 6.00. The smallest absolute Gasteiger partial charge is 0.347 e. The Kier molecular flexibility index (Phi) is 5.04. The molecule has 8 nitrogen and oxygen atoms in total. The van der Waals surface area contributed by atoms with Gasteiger partial charge in [-0.25, -0.2) is 9.59 Å². The molecule has 0 unspecified atom stereocenters. The number of hydrogen-bond acceptors (Lipinski definition) is 8. The second-order valence-electron chi connectivity index (χ2n) is 6.00. The summed E-state index contributed by atoms with van der Waals surface area (Å²) in [5.41, 5.74) is 1.30. The van der Waals surface area contributed by atoms with Crippen LogP contribution in [0.4, 0.5) is 0 Å². The van der Waals surface area contributed by atoms with Crippen LogP contribution >= 0.6 is 0 Å². The van der Waals surface area contributed by atoms with Crippen molar-refractivity contribution in [1.82, 2.24) is 0 Å². The summed E-state index contributed by atoms with van der Waals surface area (Å²) in [5, 5.41) is 0. The summed E-state index contributed by atoms with van der Waals surface area (Å²) in [4.78, 5) is 25.0. The van der Waals surface area contributed by atoms with E-state index in [1.54, 1.807) is 19.9 Å². The fraction of sp³-hybridized carbons (Fsp3) is 0.300. The van der Waals surface area contributed by atoms with Crippen LogP contribution in [-0.2, 0) is 4.74 Å². The molecule has 0 fully saturated rings. The average Bonchev–Trinajstić information content (AvgIpc) is 2.82. The van der Waals surface area contributed by atoms with Crippen LogP contribution in [0.15, 0.2) is 12.1 Å². The van der Waals surface area contributed by atoms with Crippen molar-refractivity contribution in [1.29, 1.82) is 0 Å². The van der Waals surface area contributed by atoms with Crippen LogP contribution in [0.3, 0.4) is 0 Å². The molecule has 0 spiro atoms. The van der Waals surface area contributed by atoms with Gasteiger partial charge in [-0.1, -0.05) is 0 Å². The summed E-state index contributed by atoms with van der Waals surface area (Å²) in [6.07, 6.45) is 0. The fourth-order valence-corrected chi connectivity index (χ4v) is 3.20. The minimum Gasteiger partial charge on any atom is -0.496 e. The van der Waals surface area contributed by atoms with Crippen LogP contribution in [0.2, 0.25) is 0 Å². The monoisotopic (exact) mass is 388 g/mol. The van der Waals surface area contributed by atoms with Gasteiger partial charge < -0.3 is 28.4 Å². The Bertz CT molecular complexity index is 977. The first-order valence-electron chi connectivity index (χ1n) is 8.33. The molecule has 0 saturated carbocycles. The maximum atomic E-state index is 12.8. The maximum absolute atomic E-state index is 12.8. The van der Waals surface area contributed by atoms with E-state index in [1.165, 1.54) is 34.5 Å². The minimum atomic E-state index is -0.625. The number of benzene rings is 2. The highest BCUT2D eigenvalue weighted by molar-refractivity contribution is 6.00. The quantitative estimate of drug-likeness (QED) is 0.581. The van der Waals surface area contributed by atoms with Gasteiger partial charge in [-0.2, -0.15) is 0 Å². The van der Waals surface area contributed by atoms with E-state index in [9.17, 15) is 9.59 Å². The van der Waals surface area contributed by atoms with Gasteiger partial charge in [-0.3, -0.25) is 0 Å². The zero-order valence-corrected chi connectivity index (χ0v) is 16.4. The van der Waals surface area contributed by atoms with E-state index in [-0.39, 0.29) is 34.1 Å². The van der Waals surface area contributed by atoms with E-state index >= 15 is 0 Å². The second kappa shape index (κ2) is 7.30. The largest absolute Gasteiger partial charge is 0.496 e. The highest BCUT2D eigenvalue weighted by Crippen LogP contribution is 2.48. The molecular weight excluding hydrogens is 368 g/mol. The number of carbonyl (C=O) groups excluding carboxylic acids is 2. The highest BCUT2D eigenvalue weighted by atomic mass is 16.6. The predicted octanol–water partition coefficient (Wildman–Crippen LogP) is 3.44. The summed E-state index contributed by atoms with van der Waals surface area (Å²) in [6.45, 7) is 3.36. The van der Waals surface area contributed by atoms with Crippen LogP contribution in [0.1, 0.15) is 31.8 Å². The first-order valence-corrected chi connectivity index (χ1v) is 8.33. The van der Waals surface area contributed by atoms with E-state index in [0.717, 1.165) is 0 Å². The average molecular weight is 388 g/mol. The Morgan fingerprint density at radius 1 is 0.857 bits per heavy atom. The molecule has 2 aromatic carbocycles. The van der Waals surface area contributed by atoms with Gasteiger partial charge in [0.2, 0.25) is 0 Å². The lowest BCUT2D eigenvalue weighted by molar-refractivity contribution is 0.0595. The van der Waals surface area contributed by atoms with E-state index in [0.29, 0.717) is 22.6 Å². The van der Waals surface area contributed by atoms with Gasteiger partial charge in [-0.15, -0.1) is 0 Å². The van der Waals surface area contributed by atoms with Crippen molar-refractivity contribution in [3.8, 4) is 34.5 Å².